The van der Waals surface area contributed by atoms with Crippen LogP contribution in [0.5, 0.6) is 0 Å². The Morgan fingerprint density at radius 1 is 1.30 bits per heavy atom. The second-order valence-electron chi connectivity index (χ2n) is 6.66. The van der Waals surface area contributed by atoms with Gasteiger partial charge in [-0.2, -0.15) is 0 Å². The van der Waals surface area contributed by atoms with Gasteiger partial charge in [0.15, 0.2) is 0 Å². The van der Waals surface area contributed by atoms with Gasteiger partial charge in [0.25, 0.3) is 0 Å². The van der Waals surface area contributed by atoms with E-state index in [0.717, 1.165) is 11.8 Å². The van der Waals surface area contributed by atoms with Gasteiger partial charge in [0.05, 0.1) is 0 Å². The van der Waals surface area contributed by atoms with Gasteiger partial charge in [-0.25, -0.2) is 0 Å². The third kappa shape index (κ3) is 4.06. The highest BCUT2D eigenvalue weighted by molar-refractivity contribution is 7.10. The lowest BCUT2D eigenvalue weighted by Crippen LogP contribution is -2.35. The normalized spacial score (nSPS) is 23.1. The maximum Gasteiger partial charge on any atom is 0.0443 e. The molecule has 0 spiro atoms. The summed E-state index contributed by atoms with van der Waals surface area (Å²) in [6.07, 6.45) is 6.92. The summed E-state index contributed by atoms with van der Waals surface area (Å²) in [7, 11) is 0. The van der Waals surface area contributed by atoms with E-state index in [9.17, 15) is 0 Å². The van der Waals surface area contributed by atoms with Crippen molar-refractivity contribution in [2.24, 2.45) is 11.8 Å². The van der Waals surface area contributed by atoms with Crippen molar-refractivity contribution in [2.75, 3.05) is 26.2 Å². The monoisotopic (exact) mass is 292 g/mol. The predicted molar refractivity (Wildman–Crippen MR) is 87.2 cm³/mol. The van der Waals surface area contributed by atoms with E-state index in [1.54, 1.807) is 4.88 Å². The van der Waals surface area contributed by atoms with Crippen molar-refractivity contribution in [2.45, 2.75) is 45.1 Å². The summed E-state index contributed by atoms with van der Waals surface area (Å²) in [6.45, 7) is 7.48. The van der Waals surface area contributed by atoms with Gasteiger partial charge in [-0.3, -0.25) is 0 Å². The van der Waals surface area contributed by atoms with E-state index >= 15 is 0 Å². The molecule has 2 nitrogen and oxygen atoms in total. The van der Waals surface area contributed by atoms with Crippen LogP contribution in [-0.2, 0) is 0 Å². The number of rotatable bonds is 7. The highest BCUT2D eigenvalue weighted by atomic mass is 32.1. The van der Waals surface area contributed by atoms with Crippen LogP contribution in [0, 0.1) is 11.8 Å². The quantitative estimate of drug-likeness (QED) is 0.767. The zero-order valence-electron chi connectivity index (χ0n) is 12.7. The van der Waals surface area contributed by atoms with E-state index < -0.39 is 0 Å². The van der Waals surface area contributed by atoms with Gasteiger partial charge >= 0.3 is 0 Å². The Hall–Kier alpha value is -0.380. The van der Waals surface area contributed by atoms with E-state index in [1.165, 1.54) is 58.3 Å². The number of thiophene rings is 1. The molecule has 1 unspecified atom stereocenters. The van der Waals surface area contributed by atoms with Gasteiger partial charge in [-0.1, -0.05) is 13.0 Å². The van der Waals surface area contributed by atoms with Crippen molar-refractivity contribution in [1.82, 2.24) is 10.2 Å². The molecule has 2 heterocycles. The molecular weight excluding hydrogens is 264 g/mol. The van der Waals surface area contributed by atoms with E-state index in [4.69, 9.17) is 0 Å². The maximum absolute atomic E-state index is 3.82. The number of hydrogen-bond acceptors (Lipinski definition) is 3. The third-order valence-electron chi connectivity index (χ3n) is 4.83. The Bertz CT molecular complexity index is 378. The number of piperidine rings is 1. The molecule has 3 heteroatoms. The minimum absolute atomic E-state index is 0.636. The SMILES string of the molecule is CC1CCN(CCCNC(c2cccs2)C2CC2)CC1. The van der Waals surface area contributed by atoms with Crippen LogP contribution >= 0.6 is 11.3 Å². The molecule has 1 N–H and O–H groups in total. The van der Waals surface area contributed by atoms with E-state index in [-0.39, 0.29) is 0 Å². The average molecular weight is 292 g/mol. The molecule has 3 rings (SSSR count). The molecule has 1 aromatic rings. The zero-order valence-corrected chi connectivity index (χ0v) is 13.5. The molecular formula is C17H28N2S. The van der Waals surface area contributed by atoms with Crippen LogP contribution < -0.4 is 5.32 Å². The topological polar surface area (TPSA) is 15.3 Å². The predicted octanol–water partition coefficient (Wildman–Crippen LogP) is 3.91. The summed E-state index contributed by atoms with van der Waals surface area (Å²) < 4.78 is 0. The third-order valence-corrected chi connectivity index (χ3v) is 5.79. The molecule has 1 aromatic heterocycles. The first-order valence-electron chi connectivity index (χ1n) is 8.32. The van der Waals surface area contributed by atoms with E-state index in [2.05, 4.69) is 34.7 Å². The number of likely N-dealkylation sites (tertiary alicyclic amines) is 1. The van der Waals surface area contributed by atoms with Gasteiger partial charge in [-0.05, 0) is 81.6 Å². The highest BCUT2D eigenvalue weighted by Gasteiger charge is 2.32. The van der Waals surface area contributed by atoms with Crippen molar-refractivity contribution < 1.29 is 0 Å². The van der Waals surface area contributed by atoms with Crippen LogP contribution in [0.1, 0.15) is 49.9 Å². The molecule has 2 fully saturated rings. The van der Waals surface area contributed by atoms with Crippen LogP contribution in [0.25, 0.3) is 0 Å². The summed E-state index contributed by atoms with van der Waals surface area (Å²) in [5.74, 6) is 1.85. The highest BCUT2D eigenvalue weighted by Crippen LogP contribution is 2.42. The first-order chi connectivity index (χ1) is 9.83. The van der Waals surface area contributed by atoms with Gasteiger partial charge < -0.3 is 10.2 Å². The van der Waals surface area contributed by atoms with Crippen LogP contribution in [0.3, 0.4) is 0 Å². The summed E-state index contributed by atoms with van der Waals surface area (Å²) in [5.41, 5.74) is 0. The van der Waals surface area contributed by atoms with Crippen molar-refractivity contribution in [3.63, 3.8) is 0 Å². The van der Waals surface area contributed by atoms with Crippen molar-refractivity contribution in [3.05, 3.63) is 22.4 Å². The van der Waals surface area contributed by atoms with Crippen LogP contribution in [-0.4, -0.2) is 31.1 Å². The van der Waals surface area contributed by atoms with Gasteiger partial charge in [-0.15, -0.1) is 11.3 Å². The Morgan fingerprint density at radius 3 is 2.75 bits per heavy atom. The molecule has 20 heavy (non-hydrogen) atoms. The van der Waals surface area contributed by atoms with Crippen LogP contribution in [0.4, 0.5) is 0 Å². The van der Waals surface area contributed by atoms with E-state index in [0.29, 0.717) is 6.04 Å². The first kappa shape index (κ1) is 14.6. The molecule has 0 amide bonds. The van der Waals surface area contributed by atoms with Crippen LogP contribution in [0.2, 0.25) is 0 Å². The molecule has 0 bridgehead atoms. The summed E-state index contributed by atoms with van der Waals surface area (Å²) >= 11 is 1.91. The van der Waals surface area contributed by atoms with Gasteiger partial charge in [0.1, 0.15) is 0 Å². The number of hydrogen-bond donors (Lipinski definition) is 1. The fraction of sp³-hybridized carbons (Fsp3) is 0.765. The molecule has 1 aliphatic heterocycles. The Kier molecular flexibility index (Phi) is 5.14. The van der Waals surface area contributed by atoms with Crippen LogP contribution in [0.15, 0.2) is 17.5 Å². The second kappa shape index (κ2) is 7.06. The fourth-order valence-corrected chi connectivity index (χ4v) is 4.14. The molecule has 0 aromatic carbocycles. The molecule has 1 atom stereocenters. The number of nitrogens with one attached hydrogen (secondary N) is 1. The lowest BCUT2D eigenvalue weighted by molar-refractivity contribution is 0.189. The molecule has 1 aliphatic carbocycles. The average Bonchev–Trinajstić information content (AvgIpc) is 3.15. The lowest BCUT2D eigenvalue weighted by Gasteiger charge is -2.30. The Labute approximate surface area is 127 Å². The standard InChI is InChI=1S/C17H28N2S/c1-14-7-11-19(12-8-14)10-3-9-18-17(15-5-6-15)16-4-2-13-20-16/h2,4,13-15,17-18H,3,5-12H2,1H3. The molecule has 0 radical (unpaired) electrons. The minimum atomic E-state index is 0.636. The Morgan fingerprint density at radius 2 is 2.10 bits per heavy atom. The first-order valence-corrected chi connectivity index (χ1v) is 9.20. The van der Waals surface area contributed by atoms with Crippen molar-refractivity contribution in [1.29, 1.82) is 0 Å². The zero-order chi connectivity index (χ0) is 13.8. The smallest absolute Gasteiger partial charge is 0.0443 e. The lowest BCUT2D eigenvalue weighted by atomic mass is 9.99. The fourth-order valence-electron chi connectivity index (χ4n) is 3.24. The maximum atomic E-state index is 3.82. The molecule has 1 saturated carbocycles. The minimum Gasteiger partial charge on any atom is -0.309 e. The summed E-state index contributed by atoms with van der Waals surface area (Å²) in [6, 6.07) is 5.12. The largest absolute Gasteiger partial charge is 0.309 e. The second-order valence-corrected chi connectivity index (χ2v) is 7.64. The summed E-state index contributed by atoms with van der Waals surface area (Å²) in [4.78, 5) is 4.19. The molecule has 112 valence electrons. The van der Waals surface area contributed by atoms with Crippen molar-refractivity contribution >= 4 is 11.3 Å². The van der Waals surface area contributed by atoms with Crippen molar-refractivity contribution in [3.8, 4) is 0 Å². The Balaban J connectivity index is 1.36. The van der Waals surface area contributed by atoms with E-state index in [1.807, 2.05) is 11.3 Å². The molecule has 2 aliphatic rings. The van der Waals surface area contributed by atoms with Gasteiger partial charge in [0, 0.05) is 10.9 Å². The molecule has 1 saturated heterocycles. The van der Waals surface area contributed by atoms with Gasteiger partial charge in [0.2, 0.25) is 0 Å². The number of nitrogens with zero attached hydrogens (tertiary/aromatic N) is 1. The summed E-state index contributed by atoms with van der Waals surface area (Å²) in [5, 5.41) is 6.03.